The lowest BCUT2D eigenvalue weighted by atomic mass is 10.2. The van der Waals surface area contributed by atoms with Gasteiger partial charge < -0.3 is 10.2 Å². The molecule has 0 unspecified atom stereocenters. The molecule has 0 atom stereocenters. The summed E-state index contributed by atoms with van der Waals surface area (Å²) in [4.78, 5) is 9.90. The predicted molar refractivity (Wildman–Crippen MR) is 84.3 cm³/mol. The van der Waals surface area contributed by atoms with Crippen molar-refractivity contribution in [2.45, 2.75) is 10.1 Å². The van der Waals surface area contributed by atoms with Crippen LogP contribution in [0.15, 0.2) is 69.3 Å². The van der Waals surface area contributed by atoms with Gasteiger partial charge in [0.05, 0.1) is 5.52 Å². The number of nitrogen functional groups attached to an aromatic ring is 1. The highest BCUT2D eigenvalue weighted by Gasteiger charge is 2.10. The van der Waals surface area contributed by atoms with E-state index >= 15 is 0 Å². The third kappa shape index (κ3) is 2.21. The highest BCUT2D eigenvalue weighted by Crippen LogP contribution is 2.34. The largest absolute Gasteiger partial charge is 0.431 e. The van der Waals surface area contributed by atoms with E-state index in [1.165, 1.54) is 11.8 Å². The number of para-hydroxylation sites is 1. The number of oxazole rings is 1. The summed E-state index contributed by atoms with van der Waals surface area (Å²) in [6.07, 6.45) is 1.80. The van der Waals surface area contributed by atoms with Crippen LogP contribution in [0.25, 0.3) is 22.0 Å². The normalized spacial score (nSPS) is 11.2. The Morgan fingerprint density at radius 3 is 2.86 bits per heavy atom. The first-order valence-electron chi connectivity index (χ1n) is 6.47. The second-order valence-electron chi connectivity index (χ2n) is 4.64. The molecule has 4 rings (SSSR count). The van der Waals surface area contributed by atoms with E-state index in [9.17, 15) is 0 Å². The molecule has 0 fully saturated rings. The maximum Gasteiger partial charge on any atom is 0.261 e. The number of nitrogens with two attached hydrogens (primary N) is 1. The molecule has 4 nitrogen and oxygen atoms in total. The zero-order valence-corrected chi connectivity index (χ0v) is 11.8. The Balaban J connectivity index is 1.79. The average Bonchev–Trinajstić information content (AvgIpc) is 2.89. The van der Waals surface area contributed by atoms with Crippen LogP contribution in [0.4, 0.5) is 5.69 Å². The molecule has 2 heterocycles. The van der Waals surface area contributed by atoms with E-state index < -0.39 is 0 Å². The summed E-state index contributed by atoms with van der Waals surface area (Å²) in [6, 6.07) is 15.4. The summed E-state index contributed by atoms with van der Waals surface area (Å²) in [7, 11) is 0. The molecule has 0 aliphatic carbocycles. The van der Waals surface area contributed by atoms with Gasteiger partial charge >= 0.3 is 0 Å². The molecule has 21 heavy (non-hydrogen) atoms. The van der Waals surface area contributed by atoms with Gasteiger partial charge in [0.15, 0.2) is 5.58 Å². The van der Waals surface area contributed by atoms with Crippen LogP contribution in [0.2, 0.25) is 0 Å². The van der Waals surface area contributed by atoms with E-state index in [1.54, 1.807) is 6.20 Å². The number of benzene rings is 2. The van der Waals surface area contributed by atoms with Crippen LogP contribution in [-0.4, -0.2) is 9.97 Å². The van der Waals surface area contributed by atoms with Crippen LogP contribution in [0, 0.1) is 0 Å². The van der Waals surface area contributed by atoms with Gasteiger partial charge in [0.1, 0.15) is 5.52 Å². The van der Waals surface area contributed by atoms with Crippen molar-refractivity contribution >= 4 is 39.5 Å². The number of hydrogen-bond donors (Lipinski definition) is 1. The van der Waals surface area contributed by atoms with Crippen molar-refractivity contribution in [3.63, 3.8) is 0 Å². The Kier molecular flexibility index (Phi) is 2.79. The van der Waals surface area contributed by atoms with Gasteiger partial charge in [-0.2, -0.15) is 0 Å². The molecule has 0 aliphatic rings. The summed E-state index contributed by atoms with van der Waals surface area (Å²) in [5, 5.41) is 1.69. The van der Waals surface area contributed by atoms with E-state index in [2.05, 4.69) is 9.97 Å². The predicted octanol–water partition coefficient (Wildman–Crippen LogP) is 4.11. The quantitative estimate of drug-likeness (QED) is 0.563. The summed E-state index contributed by atoms with van der Waals surface area (Å²) in [5.74, 6) is 0. The highest BCUT2D eigenvalue weighted by atomic mass is 32.2. The summed E-state index contributed by atoms with van der Waals surface area (Å²) < 4.78 is 5.75. The maximum atomic E-state index is 5.76. The van der Waals surface area contributed by atoms with E-state index in [0.29, 0.717) is 10.9 Å². The summed E-state index contributed by atoms with van der Waals surface area (Å²) >= 11 is 1.49. The van der Waals surface area contributed by atoms with Crippen molar-refractivity contribution in [1.29, 1.82) is 0 Å². The van der Waals surface area contributed by atoms with Gasteiger partial charge in [-0.15, -0.1) is 0 Å². The topological polar surface area (TPSA) is 64.9 Å². The molecule has 2 N–H and O–H groups in total. The lowest BCUT2D eigenvalue weighted by molar-refractivity contribution is 0.489. The zero-order chi connectivity index (χ0) is 14.2. The van der Waals surface area contributed by atoms with Gasteiger partial charge in [-0.1, -0.05) is 18.2 Å². The van der Waals surface area contributed by atoms with Crippen LogP contribution < -0.4 is 5.73 Å². The standard InChI is InChI=1S/C16H11N3OS/c17-10-5-6-14-13(9-10)19-16(20-14)21-15-7-8-18-12-4-2-1-3-11(12)15/h1-9H,17H2. The number of fused-ring (bicyclic) bond motifs is 2. The van der Waals surface area contributed by atoms with Crippen LogP contribution in [-0.2, 0) is 0 Å². The van der Waals surface area contributed by atoms with Crippen LogP contribution in [0.5, 0.6) is 0 Å². The SMILES string of the molecule is Nc1ccc2oc(Sc3ccnc4ccccc34)nc2c1. The molecule has 5 heteroatoms. The molecular formula is C16H11N3OS. The van der Waals surface area contributed by atoms with Crippen molar-refractivity contribution in [1.82, 2.24) is 9.97 Å². The number of hydrogen-bond acceptors (Lipinski definition) is 5. The minimum Gasteiger partial charge on any atom is -0.431 e. The fourth-order valence-corrected chi connectivity index (χ4v) is 3.09. The van der Waals surface area contributed by atoms with Crippen molar-refractivity contribution in [2.24, 2.45) is 0 Å². The van der Waals surface area contributed by atoms with E-state index in [-0.39, 0.29) is 0 Å². The maximum absolute atomic E-state index is 5.76. The van der Waals surface area contributed by atoms with Crippen molar-refractivity contribution < 1.29 is 4.42 Å². The lowest BCUT2D eigenvalue weighted by Gasteiger charge is -2.02. The molecule has 0 saturated heterocycles. The minimum atomic E-state index is 0.604. The molecule has 0 saturated carbocycles. The number of anilines is 1. The molecule has 102 valence electrons. The lowest BCUT2D eigenvalue weighted by Crippen LogP contribution is -1.82. The Morgan fingerprint density at radius 1 is 1.00 bits per heavy atom. The third-order valence-electron chi connectivity index (χ3n) is 3.20. The summed E-state index contributed by atoms with van der Waals surface area (Å²) in [6.45, 7) is 0. The molecule has 0 aliphatic heterocycles. The first-order valence-corrected chi connectivity index (χ1v) is 7.29. The third-order valence-corrected chi connectivity index (χ3v) is 4.12. The van der Waals surface area contributed by atoms with Gasteiger partial charge in [-0.25, -0.2) is 4.98 Å². The number of rotatable bonds is 2. The van der Waals surface area contributed by atoms with Crippen molar-refractivity contribution in [3.8, 4) is 0 Å². The minimum absolute atomic E-state index is 0.604. The fourth-order valence-electron chi connectivity index (χ4n) is 2.22. The van der Waals surface area contributed by atoms with E-state index in [4.69, 9.17) is 10.2 Å². The highest BCUT2D eigenvalue weighted by molar-refractivity contribution is 7.99. The average molecular weight is 293 g/mol. The second-order valence-corrected chi connectivity index (χ2v) is 5.63. The van der Waals surface area contributed by atoms with Crippen LogP contribution in [0.3, 0.4) is 0 Å². The molecular weight excluding hydrogens is 282 g/mol. The molecule has 0 bridgehead atoms. The molecule has 0 amide bonds. The van der Waals surface area contributed by atoms with E-state index in [0.717, 1.165) is 26.9 Å². The smallest absolute Gasteiger partial charge is 0.261 e. The first-order chi connectivity index (χ1) is 10.3. The van der Waals surface area contributed by atoms with Crippen LogP contribution >= 0.6 is 11.8 Å². The number of aromatic nitrogens is 2. The number of pyridine rings is 1. The molecule has 0 radical (unpaired) electrons. The first kappa shape index (κ1) is 12.2. The van der Waals surface area contributed by atoms with Crippen molar-refractivity contribution in [2.75, 3.05) is 5.73 Å². The summed E-state index contributed by atoms with van der Waals surface area (Å²) in [5.41, 5.74) is 8.92. The molecule has 2 aromatic carbocycles. The second kappa shape index (κ2) is 4.79. The Morgan fingerprint density at radius 2 is 1.90 bits per heavy atom. The Labute approximate surface area is 125 Å². The molecule has 2 aromatic heterocycles. The zero-order valence-electron chi connectivity index (χ0n) is 11.0. The molecule has 0 spiro atoms. The van der Waals surface area contributed by atoms with Crippen molar-refractivity contribution in [3.05, 3.63) is 54.7 Å². The van der Waals surface area contributed by atoms with Gasteiger partial charge in [0, 0.05) is 22.2 Å². The van der Waals surface area contributed by atoms with Gasteiger partial charge in [-0.3, -0.25) is 4.98 Å². The van der Waals surface area contributed by atoms with E-state index in [1.807, 2.05) is 48.5 Å². The monoisotopic (exact) mass is 293 g/mol. The van der Waals surface area contributed by atoms with Gasteiger partial charge in [0.25, 0.3) is 5.22 Å². The Hall–Kier alpha value is -2.53. The van der Waals surface area contributed by atoms with Gasteiger partial charge in [0.2, 0.25) is 0 Å². The van der Waals surface area contributed by atoms with Gasteiger partial charge in [-0.05, 0) is 42.1 Å². The Bertz CT molecular complexity index is 943. The number of nitrogens with zero attached hydrogens (tertiary/aromatic N) is 2. The van der Waals surface area contributed by atoms with Crippen LogP contribution in [0.1, 0.15) is 0 Å². The molecule has 4 aromatic rings. The fraction of sp³-hybridized carbons (Fsp3) is 0.